The zero-order chi connectivity index (χ0) is 20.8. The molecule has 0 saturated carbocycles. The summed E-state index contributed by atoms with van der Waals surface area (Å²) >= 11 is 0. The first kappa shape index (κ1) is 19.1. The minimum absolute atomic E-state index is 0.266. The number of benzene rings is 1. The fourth-order valence-electron chi connectivity index (χ4n) is 2.80. The second kappa shape index (κ2) is 8.83. The molecule has 0 fully saturated rings. The van der Waals surface area contributed by atoms with Crippen molar-refractivity contribution in [3.63, 3.8) is 0 Å². The van der Waals surface area contributed by atoms with Crippen molar-refractivity contribution < 1.29 is 9.53 Å². The van der Waals surface area contributed by atoms with Gasteiger partial charge in [0.15, 0.2) is 0 Å². The van der Waals surface area contributed by atoms with E-state index in [0.717, 1.165) is 17.1 Å². The lowest BCUT2D eigenvalue weighted by Crippen LogP contribution is -2.13. The molecule has 1 aromatic carbocycles. The molecule has 7 heteroatoms. The van der Waals surface area contributed by atoms with Gasteiger partial charge in [0.05, 0.1) is 0 Å². The van der Waals surface area contributed by atoms with Crippen molar-refractivity contribution in [2.45, 2.75) is 6.92 Å². The maximum atomic E-state index is 12.7. The van der Waals surface area contributed by atoms with Crippen molar-refractivity contribution in [1.29, 1.82) is 0 Å². The van der Waals surface area contributed by atoms with E-state index in [0.29, 0.717) is 22.9 Å². The lowest BCUT2D eigenvalue weighted by atomic mass is 10.2. The van der Waals surface area contributed by atoms with Gasteiger partial charge in [0.25, 0.3) is 5.91 Å². The minimum atomic E-state index is -0.266. The number of anilines is 3. The van der Waals surface area contributed by atoms with Crippen molar-refractivity contribution in [1.82, 2.24) is 15.0 Å². The number of rotatable bonds is 6. The molecule has 4 rings (SSSR count). The van der Waals surface area contributed by atoms with Gasteiger partial charge in [-0.1, -0.05) is 6.07 Å². The number of carbonyl (C=O) groups excluding carboxylic acids is 1. The quantitative estimate of drug-likeness (QED) is 0.478. The summed E-state index contributed by atoms with van der Waals surface area (Å²) in [6, 6.07) is 17.9. The molecule has 148 valence electrons. The largest absolute Gasteiger partial charge is 0.457 e. The van der Waals surface area contributed by atoms with Crippen LogP contribution in [0, 0.1) is 6.92 Å². The number of hydrogen-bond donors (Lipinski definition) is 2. The van der Waals surface area contributed by atoms with E-state index < -0.39 is 0 Å². The Balaban J connectivity index is 1.46. The third-order valence-corrected chi connectivity index (χ3v) is 4.17. The van der Waals surface area contributed by atoms with E-state index in [1.165, 1.54) is 0 Å². The predicted octanol–water partition coefficient (Wildman–Crippen LogP) is 4.97. The summed E-state index contributed by atoms with van der Waals surface area (Å²) in [4.78, 5) is 25.0. The second-order valence-corrected chi connectivity index (χ2v) is 6.51. The molecule has 0 aliphatic rings. The van der Waals surface area contributed by atoms with E-state index in [-0.39, 0.29) is 5.91 Å². The van der Waals surface area contributed by atoms with Crippen LogP contribution in [-0.2, 0) is 0 Å². The van der Waals surface area contributed by atoms with E-state index >= 15 is 0 Å². The van der Waals surface area contributed by atoms with Gasteiger partial charge in [-0.3, -0.25) is 14.8 Å². The number of nitrogens with zero attached hydrogens (tertiary/aromatic N) is 3. The monoisotopic (exact) mass is 397 g/mol. The molecule has 30 heavy (non-hydrogen) atoms. The summed E-state index contributed by atoms with van der Waals surface area (Å²) in [6.45, 7) is 1.93. The van der Waals surface area contributed by atoms with E-state index in [2.05, 4.69) is 25.6 Å². The maximum absolute atomic E-state index is 12.7. The lowest BCUT2D eigenvalue weighted by molar-refractivity contribution is 0.102. The molecule has 4 aromatic rings. The van der Waals surface area contributed by atoms with Crippen LogP contribution in [0.3, 0.4) is 0 Å². The summed E-state index contributed by atoms with van der Waals surface area (Å²) in [6.07, 6.45) is 6.61. The molecule has 7 nitrogen and oxygen atoms in total. The Kier molecular flexibility index (Phi) is 5.61. The van der Waals surface area contributed by atoms with E-state index in [9.17, 15) is 4.79 Å². The predicted molar refractivity (Wildman–Crippen MR) is 115 cm³/mol. The highest BCUT2D eigenvalue weighted by Crippen LogP contribution is 2.23. The Labute approximate surface area is 173 Å². The Hall–Kier alpha value is -4.26. The zero-order valence-electron chi connectivity index (χ0n) is 16.2. The molecule has 3 heterocycles. The van der Waals surface area contributed by atoms with Gasteiger partial charge in [-0.05, 0) is 55.5 Å². The van der Waals surface area contributed by atoms with Gasteiger partial charge in [-0.25, -0.2) is 4.98 Å². The molecule has 0 bridgehead atoms. The van der Waals surface area contributed by atoms with Gasteiger partial charge >= 0.3 is 0 Å². The number of hydrogen-bond acceptors (Lipinski definition) is 6. The van der Waals surface area contributed by atoms with Crippen molar-refractivity contribution in [3.8, 4) is 11.5 Å². The SMILES string of the molecule is Cc1cc(Nc2cccc(C(=O)Nc3cc(Oc4ccncc4)ccn3)c2)ccn1. The van der Waals surface area contributed by atoms with Crippen LogP contribution in [0.15, 0.2) is 85.5 Å². The average Bonchev–Trinajstić information content (AvgIpc) is 2.75. The molecule has 0 aliphatic carbocycles. The van der Waals surface area contributed by atoms with Gasteiger partial charge in [0.1, 0.15) is 17.3 Å². The number of ether oxygens (including phenoxy) is 1. The van der Waals surface area contributed by atoms with Gasteiger partial charge in [-0.2, -0.15) is 0 Å². The minimum Gasteiger partial charge on any atom is -0.457 e. The first-order valence-electron chi connectivity index (χ1n) is 9.31. The van der Waals surface area contributed by atoms with Gasteiger partial charge < -0.3 is 15.4 Å². The van der Waals surface area contributed by atoms with Crippen LogP contribution < -0.4 is 15.4 Å². The topological polar surface area (TPSA) is 89.0 Å². The molecule has 1 amide bonds. The van der Waals surface area contributed by atoms with Gasteiger partial charge in [-0.15, -0.1) is 0 Å². The molecule has 2 N–H and O–H groups in total. The van der Waals surface area contributed by atoms with E-state index in [1.54, 1.807) is 61.2 Å². The van der Waals surface area contributed by atoms with Crippen molar-refractivity contribution in [3.05, 3.63) is 96.7 Å². The van der Waals surface area contributed by atoms with Crippen LogP contribution in [-0.4, -0.2) is 20.9 Å². The zero-order valence-corrected chi connectivity index (χ0v) is 16.2. The summed E-state index contributed by atoms with van der Waals surface area (Å²) in [5, 5.41) is 6.08. The molecule has 0 unspecified atom stereocenters. The summed E-state index contributed by atoms with van der Waals surface area (Å²) in [5.74, 6) is 1.35. The molecule has 0 spiro atoms. The third-order valence-electron chi connectivity index (χ3n) is 4.17. The van der Waals surface area contributed by atoms with Gasteiger partial charge in [0, 0.05) is 53.5 Å². The van der Waals surface area contributed by atoms with Crippen molar-refractivity contribution in [2.24, 2.45) is 0 Å². The lowest BCUT2D eigenvalue weighted by Gasteiger charge is -2.10. The third kappa shape index (κ3) is 4.96. The van der Waals surface area contributed by atoms with Crippen LogP contribution in [0.4, 0.5) is 17.2 Å². The smallest absolute Gasteiger partial charge is 0.256 e. The van der Waals surface area contributed by atoms with E-state index in [4.69, 9.17) is 4.74 Å². The van der Waals surface area contributed by atoms with Crippen LogP contribution in [0.25, 0.3) is 0 Å². The number of nitrogens with one attached hydrogen (secondary N) is 2. The Bertz CT molecular complexity index is 1160. The molecule has 0 atom stereocenters. The van der Waals surface area contributed by atoms with Gasteiger partial charge in [0.2, 0.25) is 0 Å². The Morgan fingerprint density at radius 3 is 2.43 bits per heavy atom. The fourth-order valence-corrected chi connectivity index (χ4v) is 2.80. The second-order valence-electron chi connectivity index (χ2n) is 6.51. The standard InChI is InChI=1S/C23H19N5O2/c1-16-13-19(5-11-25-16)27-18-4-2-3-17(14-18)23(29)28-22-15-21(8-12-26-22)30-20-6-9-24-10-7-20/h2-15H,1H3,(H,25,27)(H,26,28,29). The highest BCUT2D eigenvalue weighted by molar-refractivity contribution is 6.04. The van der Waals surface area contributed by atoms with E-state index in [1.807, 2.05) is 31.2 Å². The molecule has 0 saturated heterocycles. The molecule has 3 aromatic heterocycles. The maximum Gasteiger partial charge on any atom is 0.256 e. The number of carbonyl (C=O) groups is 1. The molecule has 0 radical (unpaired) electrons. The first-order chi connectivity index (χ1) is 14.7. The van der Waals surface area contributed by atoms with Crippen LogP contribution in [0.5, 0.6) is 11.5 Å². The Morgan fingerprint density at radius 1 is 0.833 bits per heavy atom. The van der Waals surface area contributed by atoms with Crippen molar-refractivity contribution >= 4 is 23.1 Å². The summed E-state index contributed by atoms with van der Waals surface area (Å²) < 4.78 is 5.76. The average molecular weight is 397 g/mol. The number of aryl methyl sites for hydroxylation is 1. The Morgan fingerprint density at radius 2 is 1.60 bits per heavy atom. The normalized spacial score (nSPS) is 10.3. The molecule has 0 aliphatic heterocycles. The first-order valence-corrected chi connectivity index (χ1v) is 9.31. The van der Waals surface area contributed by atoms with Crippen LogP contribution in [0.2, 0.25) is 0 Å². The van der Waals surface area contributed by atoms with Crippen molar-refractivity contribution in [2.75, 3.05) is 10.6 Å². The fraction of sp³-hybridized carbons (Fsp3) is 0.0435. The molecular formula is C23H19N5O2. The summed E-state index contributed by atoms with van der Waals surface area (Å²) in [5.41, 5.74) is 3.13. The van der Waals surface area contributed by atoms with Crippen LogP contribution >= 0.6 is 0 Å². The highest BCUT2D eigenvalue weighted by Gasteiger charge is 2.09. The highest BCUT2D eigenvalue weighted by atomic mass is 16.5. The van der Waals surface area contributed by atoms with Crippen LogP contribution in [0.1, 0.15) is 16.1 Å². The molecular weight excluding hydrogens is 378 g/mol. The number of pyridine rings is 3. The number of aromatic nitrogens is 3. The summed E-state index contributed by atoms with van der Waals surface area (Å²) in [7, 11) is 0. The number of amides is 1.